The molecule has 4 heterocycles. The van der Waals surface area contributed by atoms with Gasteiger partial charge in [0.1, 0.15) is 17.0 Å². The van der Waals surface area contributed by atoms with Gasteiger partial charge < -0.3 is 19.7 Å². The Morgan fingerprint density at radius 2 is 2.06 bits per heavy atom. The molecule has 0 bridgehead atoms. The minimum absolute atomic E-state index is 0.0121. The van der Waals surface area contributed by atoms with E-state index in [0.717, 1.165) is 23.0 Å². The number of anilines is 2. The highest BCUT2D eigenvalue weighted by atomic mass is 32.2. The van der Waals surface area contributed by atoms with Crippen LogP contribution in [0.5, 0.6) is 5.75 Å². The van der Waals surface area contributed by atoms with Crippen molar-refractivity contribution in [3.05, 3.63) is 36.0 Å². The number of rotatable bonds is 5. The highest BCUT2D eigenvalue weighted by Crippen LogP contribution is 2.52. The lowest BCUT2D eigenvalue weighted by atomic mass is 9.81. The molecule has 6 rings (SSSR count). The quantitative estimate of drug-likeness (QED) is 0.569. The first-order chi connectivity index (χ1) is 16.9. The molecule has 2 fully saturated rings. The Labute approximate surface area is 203 Å². The standard InChI is InChI=1S/C24H28N6O4S/c1-4-15-6-7-17-18(12-15)30(22(25-2)26-17)23-27-20(24(8-5-9-24)35(3,31)32)19-21(28-23)29-10-11-33-13-16(29)14-34-19/h4,6-7,12,16H,1,5,8-11,13-14H2,2-3H3,(H,25,26)/t16-/m0/s1. The first-order valence-electron chi connectivity index (χ1n) is 11.8. The van der Waals surface area contributed by atoms with Crippen LogP contribution >= 0.6 is 0 Å². The summed E-state index contributed by atoms with van der Waals surface area (Å²) >= 11 is 0. The monoisotopic (exact) mass is 496 g/mol. The van der Waals surface area contributed by atoms with Crippen LogP contribution in [0.2, 0.25) is 0 Å². The first-order valence-corrected chi connectivity index (χ1v) is 13.7. The van der Waals surface area contributed by atoms with Crippen LogP contribution in [0.3, 0.4) is 0 Å². The van der Waals surface area contributed by atoms with E-state index in [1.807, 2.05) is 22.8 Å². The molecule has 1 N–H and O–H groups in total. The van der Waals surface area contributed by atoms with E-state index in [4.69, 9.17) is 24.4 Å². The van der Waals surface area contributed by atoms with Crippen LogP contribution in [0.4, 0.5) is 11.8 Å². The van der Waals surface area contributed by atoms with Crippen molar-refractivity contribution in [2.24, 2.45) is 0 Å². The Morgan fingerprint density at radius 3 is 2.74 bits per heavy atom. The molecule has 35 heavy (non-hydrogen) atoms. The van der Waals surface area contributed by atoms with Crippen molar-refractivity contribution in [1.29, 1.82) is 0 Å². The summed E-state index contributed by atoms with van der Waals surface area (Å²) in [7, 11) is -1.68. The maximum absolute atomic E-state index is 13.1. The van der Waals surface area contributed by atoms with E-state index in [0.29, 0.717) is 68.4 Å². The number of sulfone groups is 1. The molecule has 0 amide bonds. The van der Waals surface area contributed by atoms with E-state index in [1.165, 1.54) is 6.26 Å². The Kier molecular flexibility index (Phi) is 5.05. The largest absolute Gasteiger partial charge is 0.486 e. The van der Waals surface area contributed by atoms with E-state index in [2.05, 4.69) is 16.8 Å². The molecule has 0 radical (unpaired) electrons. The van der Waals surface area contributed by atoms with Gasteiger partial charge in [0, 0.05) is 19.8 Å². The molecule has 3 aliphatic rings. The highest BCUT2D eigenvalue weighted by molar-refractivity contribution is 7.91. The summed E-state index contributed by atoms with van der Waals surface area (Å²) in [6.45, 7) is 6.03. The van der Waals surface area contributed by atoms with E-state index in [-0.39, 0.29) is 6.04 Å². The molecule has 1 aliphatic carbocycles. The summed E-state index contributed by atoms with van der Waals surface area (Å²) in [5, 5.41) is 3.14. The molecule has 1 atom stereocenters. The fraction of sp³-hybridized carbons (Fsp3) is 0.458. The Morgan fingerprint density at radius 1 is 1.23 bits per heavy atom. The van der Waals surface area contributed by atoms with E-state index < -0.39 is 14.6 Å². The molecule has 3 aromatic rings. The lowest BCUT2D eigenvalue weighted by molar-refractivity contribution is 0.0687. The molecular weight excluding hydrogens is 468 g/mol. The summed E-state index contributed by atoms with van der Waals surface area (Å²) in [5.74, 6) is 2.00. The van der Waals surface area contributed by atoms with Crippen LogP contribution in [0.1, 0.15) is 30.5 Å². The van der Waals surface area contributed by atoms with E-state index in [1.54, 1.807) is 13.1 Å². The van der Waals surface area contributed by atoms with Crippen molar-refractivity contribution in [3.63, 3.8) is 0 Å². The van der Waals surface area contributed by atoms with Crippen LogP contribution in [0, 0.1) is 0 Å². The summed E-state index contributed by atoms with van der Waals surface area (Å²) in [4.78, 5) is 16.8. The van der Waals surface area contributed by atoms with Gasteiger partial charge in [0.05, 0.1) is 30.3 Å². The van der Waals surface area contributed by atoms with Crippen molar-refractivity contribution in [1.82, 2.24) is 19.5 Å². The molecule has 11 heteroatoms. The van der Waals surface area contributed by atoms with Crippen LogP contribution in [-0.2, 0) is 19.3 Å². The normalized spacial score (nSPS) is 21.0. The van der Waals surface area contributed by atoms with Crippen molar-refractivity contribution < 1.29 is 17.9 Å². The number of hydrogen-bond acceptors (Lipinski definition) is 9. The van der Waals surface area contributed by atoms with Gasteiger partial charge in [-0.2, -0.15) is 4.98 Å². The van der Waals surface area contributed by atoms with E-state index in [9.17, 15) is 8.42 Å². The molecule has 1 aromatic carbocycles. The number of nitrogens with zero attached hydrogens (tertiary/aromatic N) is 5. The molecule has 2 aliphatic heterocycles. The number of morpholine rings is 1. The average Bonchev–Trinajstić information content (AvgIpc) is 3.19. The van der Waals surface area contributed by atoms with Crippen LogP contribution in [-0.4, -0.2) is 73.6 Å². The minimum atomic E-state index is -3.47. The van der Waals surface area contributed by atoms with Gasteiger partial charge in [-0.15, -0.1) is 0 Å². The number of aromatic nitrogens is 4. The average molecular weight is 497 g/mol. The van der Waals surface area contributed by atoms with Gasteiger partial charge in [-0.05, 0) is 37.0 Å². The highest BCUT2D eigenvalue weighted by Gasteiger charge is 2.53. The molecule has 0 unspecified atom stereocenters. The molecule has 1 saturated heterocycles. The van der Waals surface area contributed by atoms with Gasteiger partial charge in [0.15, 0.2) is 21.4 Å². The number of hydrogen-bond donors (Lipinski definition) is 1. The van der Waals surface area contributed by atoms with Gasteiger partial charge in [0.25, 0.3) is 0 Å². The number of benzene rings is 1. The summed E-state index contributed by atoms with van der Waals surface area (Å²) in [6, 6.07) is 5.86. The Balaban J connectivity index is 1.66. The second-order valence-electron chi connectivity index (χ2n) is 9.35. The van der Waals surface area contributed by atoms with Crippen LogP contribution < -0.4 is 15.0 Å². The van der Waals surface area contributed by atoms with Crippen molar-refractivity contribution in [2.75, 3.05) is 49.9 Å². The zero-order valence-electron chi connectivity index (χ0n) is 19.8. The molecular formula is C24H28N6O4S. The first kappa shape index (κ1) is 22.3. The lowest BCUT2D eigenvalue weighted by Gasteiger charge is -2.44. The fourth-order valence-electron chi connectivity index (χ4n) is 5.29. The number of nitrogens with one attached hydrogen (secondary N) is 1. The SMILES string of the molecule is C=Cc1ccc2nc(NC)n(-c3nc4c(c(C5(S(C)(=O)=O)CCC5)n3)OC[C@@H]3COCCN43)c2c1. The second-order valence-corrected chi connectivity index (χ2v) is 11.7. The van der Waals surface area contributed by atoms with Gasteiger partial charge in [0.2, 0.25) is 11.9 Å². The summed E-state index contributed by atoms with van der Waals surface area (Å²) < 4.78 is 38.9. The molecule has 10 nitrogen and oxygen atoms in total. The number of ether oxygens (including phenoxy) is 2. The number of imidazole rings is 1. The molecule has 0 spiro atoms. The van der Waals surface area contributed by atoms with Crippen molar-refractivity contribution in [2.45, 2.75) is 30.1 Å². The maximum atomic E-state index is 13.1. The minimum Gasteiger partial charge on any atom is -0.486 e. The van der Waals surface area contributed by atoms with Gasteiger partial charge >= 0.3 is 0 Å². The third kappa shape index (κ3) is 3.24. The molecule has 2 aromatic heterocycles. The summed E-state index contributed by atoms with van der Waals surface area (Å²) in [6.07, 6.45) is 4.90. The van der Waals surface area contributed by atoms with Crippen LogP contribution in [0.25, 0.3) is 23.1 Å². The van der Waals surface area contributed by atoms with E-state index >= 15 is 0 Å². The van der Waals surface area contributed by atoms with Crippen molar-refractivity contribution in [3.8, 4) is 11.7 Å². The third-order valence-electron chi connectivity index (χ3n) is 7.40. The van der Waals surface area contributed by atoms with Gasteiger partial charge in [-0.1, -0.05) is 18.7 Å². The van der Waals surface area contributed by atoms with Gasteiger partial charge in [-0.3, -0.25) is 0 Å². The topological polar surface area (TPSA) is 111 Å². The predicted molar refractivity (Wildman–Crippen MR) is 134 cm³/mol. The van der Waals surface area contributed by atoms with Gasteiger partial charge in [-0.25, -0.2) is 23.0 Å². The zero-order chi connectivity index (χ0) is 24.4. The third-order valence-corrected chi connectivity index (χ3v) is 9.42. The second kappa shape index (κ2) is 7.92. The number of fused-ring (bicyclic) bond motifs is 4. The zero-order valence-corrected chi connectivity index (χ0v) is 20.6. The maximum Gasteiger partial charge on any atom is 0.239 e. The summed E-state index contributed by atoms with van der Waals surface area (Å²) in [5.41, 5.74) is 2.95. The predicted octanol–water partition coefficient (Wildman–Crippen LogP) is 2.52. The van der Waals surface area contributed by atoms with Crippen LogP contribution in [0.15, 0.2) is 24.8 Å². The lowest BCUT2D eigenvalue weighted by Crippen LogP contribution is -2.52. The smallest absolute Gasteiger partial charge is 0.239 e. The Bertz CT molecular complexity index is 1450. The molecule has 184 valence electrons. The van der Waals surface area contributed by atoms with Crippen molar-refractivity contribution >= 4 is 38.7 Å². The fourth-order valence-corrected chi connectivity index (χ4v) is 6.81. The Hall–Kier alpha value is -3.18. The molecule has 1 saturated carbocycles.